The highest BCUT2D eigenvalue weighted by molar-refractivity contribution is 7.10. The van der Waals surface area contributed by atoms with Crippen molar-refractivity contribution in [1.29, 1.82) is 0 Å². The van der Waals surface area contributed by atoms with Crippen LogP contribution in [-0.4, -0.2) is 38.0 Å². The molecule has 2 aromatic heterocycles. The summed E-state index contributed by atoms with van der Waals surface area (Å²) in [5.74, 6) is 0.533. The Kier molecular flexibility index (Phi) is 3.42. The molecular formula is C16H15N5OS. The second-order valence-electron chi connectivity index (χ2n) is 5.54. The SMILES string of the molecule is CC1c2ccsc2CCN1C(=O)c1cccc(-c2nn[nH]n2)c1. The Morgan fingerprint density at radius 2 is 2.30 bits per heavy atom. The summed E-state index contributed by atoms with van der Waals surface area (Å²) in [4.78, 5) is 16.3. The molecule has 0 fully saturated rings. The van der Waals surface area contributed by atoms with Crippen LogP contribution in [-0.2, 0) is 6.42 Å². The van der Waals surface area contributed by atoms with Gasteiger partial charge in [-0.1, -0.05) is 12.1 Å². The molecule has 0 radical (unpaired) electrons. The fraction of sp³-hybridized carbons (Fsp3) is 0.250. The van der Waals surface area contributed by atoms with Gasteiger partial charge in [0.25, 0.3) is 5.91 Å². The zero-order valence-corrected chi connectivity index (χ0v) is 13.4. The van der Waals surface area contributed by atoms with Gasteiger partial charge in [0.1, 0.15) is 0 Å². The minimum absolute atomic E-state index is 0.0414. The van der Waals surface area contributed by atoms with Gasteiger partial charge in [0.2, 0.25) is 5.82 Å². The van der Waals surface area contributed by atoms with Crippen molar-refractivity contribution in [3.8, 4) is 11.4 Å². The Hall–Kier alpha value is -2.54. The number of rotatable bonds is 2. The number of aromatic nitrogens is 4. The van der Waals surface area contributed by atoms with Crippen LogP contribution in [0.2, 0.25) is 0 Å². The van der Waals surface area contributed by atoms with Crippen LogP contribution in [0.5, 0.6) is 0 Å². The Bertz CT molecular complexity index is 842. The molecule has 4 rings (SSSR count). The lowest BCUT2D eigenvalue weighted by atomic mass is 10.00. The number of amides is 1. The molecule has 1 unspecified atom stereocenters. The minimum atomic E-state index is 0.0414. The summed E-state index contributed by atoms with van der Waals surface area (Å²) >= 11 is 1.77. The first-order chi connectivity index (χ1) is 11.2. The van der Waals surface area contributed by atoms with Gasteiger partial charge in [-0.15, -0.1) is 21.5 Å². The maximum absolute atomic E-state index is 12.9. The number of aromatic amines is 1. The van der Waals surface area contributed by atoms with Gasteiger partial charge in [0, 0.05) is 22.5 Å². The smallest absolute Gasteiger partial charge is 0.254 e. The lowest BCUT2D eigenvalue weighted by Crippen LogP contribution is -2.38. The normalized spacial score (nSPS) is 17.1. The monoisotopic (exact) mass is 325 g/mol. The topological polar surface area (TPSA) is 74.8 Å². The molecule has 1 aromatic carbocycles. The van der Waals surface area contributed by atoms with Crippen molar-refractivity contribution in [2.24, 2.45) is 0 Å². The molecule has 0 aliphatic carbocycles. The predicted molar refractivity (Wildman–Crippen MR) is 87.1 cm³/mol. The molecule has 23 heavy (non-hydrogen) atoms. The number of fused-ring (bicyclic) bond motifs is 1. The van der Waals surface area contributed by atoms with E-state index in [1.54, 1.807) is 11.3 Å². The molecule has 3 aromatic rings. The van der Waals surface area contributed by atoms with E-state index in [1.165, 1.54) is 10.4 Å². The van der Waals surface area contributed by atoms with Crippen molar-refractivity contribution in [3.05, 3.63) is 51.7 Å². The van der Waals surface area contributed by atoms with E-state index in [0.717, 1.165) is 18.5 Å². The third-order valence-electron chi connectivity index (χ3n) is 4.25. The zero-order chi connectivity index (χ0) is 15.8. The van der Waals surface area contributed by atoms with Crippen LogP contribution in [0.3, 0.4) is 0 Å². The van der Waals surface area contributed by atoms with Crippen LogP contribution in [0.25, 0.3) is 11.4 Å². The second kappa shape index (κ2) is 5.58. The van der Waals surface area contributed by atoms with Crippen molar-refractivity contribution in [3.63, 3.8) is 0 Å². The standard InChI is InChI=1S/C16H15N5OS/c1-10-13-6-8-23-14(13)5-7-21(10)16(22)12-4-2-3-11(9-12)15-17-19-20-18-15/h2-4,6,8-10H,5,7H2,1H3,(H,17,18,19,20). The Labute approximate surface area is 137 Å². The number of nitrogens with zero attached hydrogens (tertiary/aromatic N) is 4. The van der Waals surface area contributed by atoms with E-state index in [1.807, 2.05) is 29.2 Å². The van der Waals surface area contributed by atoms with Crippen LogP contribution in [0, 0.1) is 0 Å². The highest BCUT2D eigenvalue weighted by Gasteiger charge is 2.29. The van der Waals surface area contributed by atoms with Gasteiger partial charge in [0.15, 0.2) is 0 Å². The third kappa shape index (κ3) is 2.43. The fourth-order valence-electron chi connectivity index (χ4n) is 3.03. The highest BCUT2D eigenvalue weighted by atomic mass is 32.1. The zero-order valence-electron chi connectivity index (χ0n) is 12.6. The molecule has 116 valence electrons. The van der Waals surface area contributed by atoms with Gasteiger partial charge in [-0.3, -0.25) is 4.79 Å². The number of hydrogen-bond acceptors (Lipinski definition) is 5. The van der Waals surface area contributed by atoms with Crippen molar-refractivity contribution in [2.75, 3.05) is 6.54 Å². The molecule has 3 heterocycles. The van der Waals surface area contributed by atoms with E-state index in [-0.39, 0.29) is 11.9 Å². The molecule has 0 spiro atoms. The molecule has 1 N–H and O–H groups in total. The molecule has 7 heteroatoms. The first-order valence-corrected chi connectivity index (χ1v) is 8.33. The number of tetrazole rings is 1. The van der Waals surface area contributed by atoms with Crippen LogP contribution in [0.4, 0.5) is 0 Å². The summed E-state index contributed by atoms with van der Waals surface area (Å²) in [6.07, 6.45) is 0.924. The summed E-state index contributed by atoms with van der Waals surface area (Å²) in [5.41, 5.74) is 2.70. The number of H-pyrrole nitrogens is 1. The van der Waals surface area contributed by atoms with E-state index < -0.39 is 0 Å². The Balaban J connectivity index is 1.64. The van der Waals surface area contributed by atoms with Crippen LogP contribution >= 0.6 is 11.3 Å². The lowest BCUT2D eigenvalue weighted by molar-refractivity contribution is 0.0679. The quantitative estimate of drug-likeness (QED) is 0.786. The van der Waals surface area contributed by atoms with Crippen molar-refractivity contribution in [2.45, 2.75) is 19.4 Å². The van der Waals surface area contributed by atoms with Gasteiger partial charge < -0.3 is 4.90 Å². The Morgan fingerprint density at radius 3 is 3.13 bits per heavy atom. The summed E-state index contributed by atoms with van der Waals surface area (Å²) in [6, 6.07) is 9.61. The molecule has 1 amide bonds. The predicted octanol–water partition coefficient (Wildman–Crippen LogP) is 2.69. The van der Waals surface area contributed by atoms with Crippen LogP contribution < -0.4 is 0 Å². The Morgan fingerprint density at radius 1 is 1.39 bits per heavy atom. The van der Waals surface area contributed by atoms with Gasteiger partial charge in [-0.2, -0.15) is 5.21 Å². The minimum Gasteiger partial charge on any atom is -0.331 e. The van der Waals surface area contributed by atoms with E-state index in [4.69, 9.17) is 0 Å². The third-order valence-corrected chi connectivity index (χ3v) is 5.25. The molecule has 0 saturated heterocycles. The maximum atomic E-state index is 12.9. The molecule has 1 atom stereocenters. The number of nitrogens with one attached hydrogen (secondary N) is 1. The van der Waals surface area contributed by atoms with Gasteiger partial charge in [-0.05, 0) is 47.7 Å². The van der Waals surface area contributed by atoms with Crippen molar-refractivity contribution in [1.82, 2.24) is 25.5 Å². The number of carbonyl (C=O) groups excluding carboxylic acids is 1. The van der Waals surface area contributed by atoms with E-state index in [9.17, 15) is 4.79 Å². The number of carbonyl (C=O) groups is 1. The van der Waals surface area contributed by atoms with Crippen LogP contribution in [0.15, 0.2) is 35.7 Å². The van der Waals surface area contributed by atoms with Crippen molar-refractivity contribution < 1.29 is 4.79 Å². The maximum Gasteiger partial charge on any atom is 0.254 e. The first kappa shape index (κ1) is 14.1. The summed E-state index contributed by atoms with van der Waals surface area (Å²) < 4.78 is 0. The molecular weight excluding hydrogens is 310 g/mol. The van der Waals surface area contributed by atoms with Gasteiger partial charge in [0.05, 0.1) is 6.04 Å². The fourth-order valence-corrected chi connectivity index (χ4v) is 3.99. The van der Waals surface area contributed by atoms with Crippen molar-refractivity contribution >= 4 is 17.2 Å². The molecule has 0 bridgehead atoms. The molecule has 1 aliphatic rings. The van der Waals surface area contributed by atoms with Gasteiger partial charge in [-0.25, -0.2) is 0 Å². The number of thiophene rings is 1. The average Bonchev–Trinajstić information content (AvgIpc) is 3.26. The first-order valence-electron chi connectivity index (χ1n) is 7.45. The molecule has 1 aliphatic heterocycles. The average molecular weight is 325 g/mol. The number of hydrogen-bond donors (Lipinski definition) is 1. The molecule has 0 saturated carbocycles. The molecule has 6 nitrogen and oxygen atoms in total. The van der Waals surface area contributed by atoms with E-state index in [0.29, 0.717) is 11.4 Å². The number of benzene rings is 1. The summed E-state index contributed by atoms with van der Waals surface area (Å²) in [5, 5.41) is 16.0. The van der Waals surface area contributed by atoms with E-state index >= 15 is 0 Å². The summed E-state index contributed by atoms with van der Waals surface area (Å²) in [6.45, 7) is 2.84. The van der Waals surface area contributed by atoms with Crippen LogP contribution in [0.1, 0.15) is 33.8 Å². The van der Waals surface area contributed by atoms with E-state index in [2.05, 4.69) is 39.0 Å². The highest BCUT2D eigenvalue weighted by Crippen LogP contribution is 2.33. The van der Waals surface area contributed by atoms with Gasteiger partial charge >= 0.3 is 0 Å². The summed E-state index contributed by atoms with van der Waals surface area (Å²) in [7, 11) is 0. The second-order valence-corrected chi connectivity index (χ2v) is 6.54. The lowest BCUT2D eigenvalue weighted by Gasteiger charge is -2.33. The largest absolute Gasteiger partial charge is 0.331 e.